The largest absolute Gasteiger partial charge is 0.396 e. The SMILES string of the molecule is Cc1ccccc1CN1CCN(Cc2c(C)nc3sccn23)C[C@H]1CCO. The van der Waals surface area contributed by atoms with E-state index < -0.39 is 0 Å². The van der Waals surface area contributed by atoms with Crippen molar-refractivity contribution in [3.8, 4) is 0 Å². The second kappa shape index (κ2) is 8.10. The van der Waals surface area contributed by atoms with Crippen molar-refractivity contribution in [3.63, 3.8) is 0 Å². The van der Waals surface area contributed by atoms with E-state index in [1.807, 2.05) is 0 Å². The molecule has 1 aliphatic rings. The summed E-state index contributed by atoms with van der Waals surface area (Å²) in [6.45, 7) is 9.48. The second-order valence-electron chi connectivity index (χ2n) is 7.50. The summed E-state index contributed by atoms with van der Waals surface area (Å²) in [6, 6.07) is 9.01. The first kappa shape index (κ1) is 18.6. The summed E-state index contributed by atoms with van der Waals surface area (Å²) in [5.41, 5.74) is 5.15. The van der Waals surface area contributed by atoms with Crippen molar-refractivity contribution in [2.24, 2.45) is 0 Å². The average molecular weight is 385 g/mol. The predicted octanol–water partition coefficient (Wildman–Crippen LogP) is 3.08. The van der Waals surface area contributed by atoms with Crippen LogP contribution in [0, 0.1) is 13.8 Å². The lowest BCUT2D eigenvalue weighted by atomic mass is 10.0. The Bertz CT molecular complexity index is 903. The molecule has 3 heterocycles. The van der Waals surface area contributed by atoms with Gasteiger partial charge in [-0.1, -0.05) is 24.3 Å². The van der Waals surface area contributed by atoms with Gasteiger partial charge in [-0.05, 0) is 31.4 Å². The summed E-state index contributed by atoms with van der Waals surface area (Å²) in [7, 11) is 0. The molecule has 1 aromatic carbocycles. The first-order valence-electron chi connectivity index (χ1n) is 9.68. The number of benzene rings is 1. The zero-order valence-electron chi connectivity index (χ0n) is 16.1. The average Bonchev–Trinajstić information content (AvgIpc) is 3.21. The van der Waals surface area contributed by atoms with Gasteiger partial charge in [0, 0.05) is 56.9 Å². The molecule has 6 heteroatoms. The summed E-state index contributed by atoms with van der Waals surface area (Å²) < 4.78 is 2.22. The summed E-state index contributed by atoms with van der Waals surface area (Å²) >= 11 is 1.69. The van der Waals surface area contributed by atoms with Crippen LogP contribution in [0.25, 0.3) is 4.96 Å². The summed E-state index contributed by atoms with van der Waals surface area (Å²) in [4.78, 5) is 10.8. The van der Waals surface area contributed by atoms with Gasteiger partial charge in [0.25, 0.3) is 0 Å². The number of thiazole rings is 1. The number of hydrogen-bond donors (Lipinski definition) is 1. The van der Waals surface area contributed by atoms with E-state index >= 15 is 0 Å². The molecular formula is C21H28N4OS. The molecule has 0 unspecified atom stereocenters. The molecular weight excluding hydrogens is 356 g/mol. The summed E-state index contributed by atoms with van der Waals surface area (Å²) in [5.74, 6) is 0. The van der Waals surface area contributed by atoms with Crippen LogP contribution in [-0.2, 0) is 13.1 Å². The van der Waals surface area contributed by atoms with Crippen molar-refractivity contribution < 1.29 is 5.11 Å². The fourth-order valence-corrected chi connectivity index (χ4v) is 4.86. The Morgan fingerprint density at radius 2 is 2.04 bits per heavy atom. The minimum absolute atomic E-state index is 0.239. The minimum Gasteiger partial charge on any atom is -0.396 e. The van der Waals surface area contributed by atoms with Gasteiger partial charge in [0.15, 0.2) is 4.96 Å². The summed E-state index contributed by atoms with van der Waals surface area (Å²) in [6.07, 6.45) is 2.94. The number of nitrogens with zero attached hydrogens (tertiary/aromatic N) is 4. The third kappa shape index (κ3) is 3.94. The van der Waals surface area contributed by atoms with E-state index in [4.69, 9.17) is 0 Å². The maximum Gasteiger partial charge on any atom is 0.194 e. The zero-order valence-corrected chi connectivity index (χ0v) is 17.0. The molecule has 0 amide bonds. The molecule has 1 fully saturated rings. The zero-order chi connectivity index (χ0) is 18.8. The van der Waals surface area contributed by atoms with E-state index in [0.717, 1.165) is 49.8 Å². The fourth-order valence-electron chi connectivity index (χ4n) is 4.08. The molecule has 4 rings (SSSR count). The van der Waals surface area contributed by atoms with Crippen LogP contribution in [-0.4, -0.2) is 56.6 Å². The number of hydrogen-bond acceptors (Lipinski definition) is 5. The van der Waals surface area contributed by atoms with E-state index in [-0.39, 0.29) is 6.61 Å². The lowest BCUT2D eigenvalue weighted by molar-refractivity contribution is 0.0491. The van der Waals surface area contributed by atoms with Crippen molar-refractivity contribution in [1.82, 2.24) is 19.2 Å². The standard InChI is InChI=1S/C21H28N4OS/c1-16-5-3-4-6-18(16)13-24-9-8-23(14-19(24)7-11-26)15-20-17(2)22-21-25(20)10-12-27-21/h3-6,10,12,19,26H,7-9,11,13-15H2,1-2H3/t19-/m1/s1. The number of rotatable bonds is 6. The van der Waals surface area contributed by atoms with Crippen molar-refractivity contribution in [2.45, 2.75) is 39.4 Å². The minimum atomic E-state index is 0.239. The van der Waals surface area contributed by atoms with Gasteiger partial charge in [0.1, 0.15) is 0 Å². The van der Waals surface area contributed by atoms with Gasteiger partial charge in [-0.25, -0.2) is 4.98 Å². The van der Waals surface area contributed by atoms with Crippen molar-refractivity contribution in [2.75, 3.05) is 26.2 Å². The highest BCUT2D eigenvalue weighted by molar-refractivity contribution is 7.15. The molecule has 0 spiro atoms. The fraction of sp³-hybridized carbons (Fsp3) is 0.476. The maximum absolute atomic E-state index is 9.60. The maximum atomic E-state index is 9.60. The van der Waals surface area contributed by atoms with Gasteiger partial charge in [0.2, 0.25) is 0 Å². The number of piperazine rings is 1. The lowest BCUT2D eigenvalue weighted by Crippen LogP contribution is -2.52. The van der Waals surface area contributed by atoms with Crippen LogP contribution in [0.5, 0.6) is 0 Å². The van der Waals surface area contributed by atoms with Crippen molar-refractivity contribution >= 4 is 16.3 Å². The van der Waals surface area contributed by atoms with Crippen LogP contribution in [0.4, 0.5) is 0 Å². The molecule has 5 nitrogen and oxygen atoms in total. The highest BCUT2D eigenvalue weighted by Crippen LogP contribution is 2.22. The van der Waals surface area contributed by atoms with E-state index in [1.54, 1.807) is 11.3 Å². The van der Waals surface area contributed by atoms with Gasteiger partial charge in [0.05, 0.1) is 11.4 Å². The molecule has 0 saturated carbocycles. The van der Waals surface area contributed by atoms with Gasteiger partial charge in [-0.3, -0.25) is 14.2 Å². The van der Waals surface area contributed by atoms with Crippen LogP contribution in [0.15, 0.2) is 35.8 Å². The number of aliphatic hydroxyl groups is 1. The molecule has 1 saturated heterocycles. The van der Waals surface area contributed by atoms with Crippen LogP contribution >= 0.6 is 11.3 Å². The topological polar surface area (TPSA) is 44.0 Å². The van der Waals surface area contributed by atoms with Gasteiger partial charge >= 0.3 is 0 Å². The number of aliphatic hydroxyl groups excluding tert-OH is 1. The molecule has 144 valence electrons. The van der Waals surface area contributed by atoms with E-state index in [9.17, 15) is 5.11 Å². The smallest absolute Gasteiger partial charge is 0.194 e. The van der Waals surface area contributed by atoms with Crippen molar-refractivity contribution in [3.05, 3.63) is 58.4 Å². The van der Waals surface area contributed by atoms with Crippen LogP contribution in [0.3, 0.4) is 0 Å². The Labute approximate surface area is 164 Å². The molecule has 1 N–H and O–H groups in total. The number of aromatic nitrogens is 2. The van der Waals surface area contributed by atoms with Crippen molar-refractivity contribution in [1.29, 1.82) is 0 Å². The van der Waals surface area contributed by atoms with E-state index in [0.29, 0.717) is 6.04 Å². The summed E-state index contributed by atoms with van der Waals surface area (Å²) in [5, 5.41) is 11.7. The molecule has 0 radical (unpaired) electrons. The van der Waals surface area contributed by atoms with Crippen LogP contribution in [0.1, 0.15) is 28.9 Å². The molecule has 1 atom stereocenters. The molecule has 1 aliphatic heterocycles. The Balaban J connectivity index is 1.47. The Kier molecular flexibility index (Phi) is 5.59. The molecule has 2 aromatic heterocycles. The first-order chi connectivity index (χ1) is 13.2. The highest BCUT2D eigenvalue weighted by atomic mass is 32.1. The quantitative estimate of drug-likeness (QED) is 0.709. The van der Waals surface area contributed by atoms with E-state index in [1.165, 1.54) is 16.8 Å². The molecule has 0 aliphatic carbocycles. The van der Waals surface area contributed by atoms with Crippen LogP contribution in [0.2, 0.25) is 0 Å². The third-order valence-electron chi connectivity index (χ3n) is 5.72. The Hall–Kier alpha value is -1.73. The number of imidazole rings is 1. The predicted molar refractivity (Wildman–Crippen MR) is 110 cm³/mol. The number of aryl methyl sites for hydroxylation is 2. The molecule has 27 heavy (non-hydrogen) atoms. The lowest BCUT2D eigenvalue weighted by Gasteiger charge is -2.41. The third-order valence-corrected chi connectivity index (χ3v) is 6.48. The van der Waals surface area contributed by atoms with Gasteiger partial charge in [-0.2, -0.15) is 0 Å². The van der Waals surface area contributed by atoms with Crippen LogP contribution < -0.4 is 0 Å². The molecule has 0 bridgehead atoms. The molecule has 3 aromatic rings. The second-order valence-corrected chi connectivity index (χ2v) is 8.37. The normalized spacial score (nSPS) is 19.1. The Morgan fingerprint density at radius 1 is 1.19 bits per heavy atom. The number of fused-ring (bicyclic) bond motifs is 1. The Morgan fingerprint density at radius 3 is 2.85 bits per heavy atom. The van der Waals surface area contributed by atoms with Gasteiger partial charge in [-0.15, -0.1) is 11.3 Å². The first-order valence-corrected chi connectivity index (χ1v) is 10.6. The highest BCUT2D eigenvalue weighted by Gasteiger charge is 2.28. The van der Waals surface area contributed by atoms with E-state index in [2.05, 4.69) is 68.9 Å². The monoisotopic (exact) mass is 384 g/mol. The van der Waals surface area contributed by atoms with Gasteiger partial charge < -0.3 is 5.11 Å².